The van der Waals surface area contributed by atoms with Gasteiger partial charge in [0.15, 0.2) is 0 Å². The lowest BCUT2D eigenvalue weighted by atomic mass is 9.71. The fraction of sp³-hybridized carbons (Fsp3) is 0.500. The summed E-state index contributed by atoms with van der Waals surface area (Å²) < 4.78 is 1.38. The Labute approximate surface area is 103 Å². The van der Waals surface area contributed by atoms with Gasteiger partial charge in [-0.15, -0.1) is 10.2 Å². The van der Waals surface area contributed by atoms with Crippen molar-refractivity contribution in [1.29, 1.82) is 0 Å². The Morgan fingerprint density at radius 1 is 1.28 bits per heavy atom. The molecule has 2 amide bonds. The summed E-state index contributed by atoms with van der Waals surface area (Å²) in [5.41, 5.74) is -0.583. The molecule has 0 unspecified atom stereocenters. The predicted molar refractivity (Wildman–Crippen MR) is 60.6 cm³/mol. The summed E-state index contributed by atoms with van der Waals surface area (Å²) in [4.78, 5) is 25.1. The van der Waals surface area contributed by atoms with Gasteiger partial charge in [-0.25, -0.2) is 4.68 Å². The van der Waals surface area contributed by atoms with E-state index in [1.807, 2.05) is 6.92 Å². The zero-order chi connectivity index (χ0) is 12.5. The lowest BCUT2D eigenvalue weighted by Crippen LogP contribution is -2.43. The lowest BCUT2D eigenvalue weighted by molar-refractivity contribution is -0.128. The maximum absolute atomic E-state index is 12.6. The molecule has 2 bridgehead atoms. The first-order chi connectivity index (χ1) is 8.64. The van der Waals surface area contributed by atoms with Crippen molar-refractivity contribution in [2.45, 2.75) is 13.3 Å². The van der Waals surface area contributed by atoms with E-state index in [-0.39, 0.29) is 29.6 Å². The number of rotatable bonds is 1. The third-order valence-electron chi connectivity index (χ3n) is 4.73. The molecule has 2 aliphatic carbocycles. The second-order valence-electron chi connectivity index (χ2n) is 5.45. The van der Waals surface area contributed by atoms with Crippen LogP contribution in [0.1, 0.15) is 13.3 Å². The Hall–Kier alpha value is -1.98. The Bertz CT molecular complexity index is 579. The van der Waals surface area contributed by atoms with Gasteiger partial charge in [-0.1, -0.05) is 12.2 Å². The summed E-state index contributed by atoms with van der Waals surface area (Å²) in [7, 11) is 0. The van der Waals surface area contributed by atoms with Crippen LogP contribution in [0.2, 0.25) is 0 Å². The number of fused-ring (bicyclic) bond motifs is 5. The SMILES string of the molecule is C[C@]12C(=O)N(n3cnnc3)C(=O)[C@@H]1[C@@H]1C=C[C@@H]2C1. The van der Waals surface area contributed by atoms with E-state index in [1.54, 1.807) is 0 Å². The van der Waals surface area contributed by atoms with Crippen LogP contribution in [-0.2, 0) is 9.59 Å². The average molecular weight is 244 g/mol. The van der Waals surface area contributed by atoms with Crippen molar-refractivity contribution < 1.29 is 9.59 Å². The number of hydrogen-bond donors (Lipinski definition) is 0. The van der Waals surface area contributed by atoms with Crippen molar-refractivity contribution in [2.75, 3.05) is 5.01 Å². The molecule has 1 aliphatic heterocycles. The number of carbonyl (C=O) groups excluding carboxylic acids is 2. The lowest BCUT2D eigenvalue weighted by Gasteiger charge is -2.27. The van der Waals surface area contributed by atoms with Gasteiger partial charge in [0.1, 0.15) is 12.7 Å². The van der Waals surface area contributed by atoms with Crippen LogP contribution in [0.4, 0.5) is 0 Å². The number of imide groups is 1. The van der Waals surface area contributed by atoms with Gasteiger partial charge in [0, 0.05) is 0 Å². The van der Waals surface area contributed by atoms with Crippen molar-refractivity contribution in [3.8, 4) is 0 Å². The summed E-state index contributed by atoms with van der Waals surface area (Å²) >= 11 is 0. The maximum Gasteiger partial charge on any atom is 0.256 e. The topological polar surface area (TPSA) is 68.1 Å². The zero-order valence-electron chi connectivity index (χ0n) is 9.85. The van der Waals surface area contributed by atoms with Gasteiger partial charge in [0.25, 0.3) is 11.8 Å². The molecule has 6 heteroatoms. The number of nitrogens with zero attached hydrogens (tertiary/aromatic N) is 4. The molecule has 0 spiro atoms. The van der Waals surface area contributed by atoms with E-state index in [2.05, 4.69) is 22.3 Å². The van der Waals surface area contributed by atoms with Crippen LogP contribution in [0.3, 0.4) is 0 Å². The van der Waals surface area contributed by atoms with Crippen LogP contribution in [0.5, 0.6) is 0 Å². The second kappa shape index (κ2) is 2.88. The number of allylic oxidation sites excluding steroid dienone is 2. The molecule has 1 saturated carbocycles. The zero-order valence-corrected chi connectivity index (χ0v) is 9.85. The van der Waals surface area contributed by atoms with Crippen LogP contribution < -0.4 is 5.01 Å². The molecule has 1 aromatic heterocycles. The molecule has 4 atom stereocenters. The highest BCUT2D eigenvalue weighted by Crippen LogP contribution is 2.59. The summed E-state index contributed by atoms with van der Waals surface area (Å²) in [6.07, 6.45) is 7.86. The molecule has 0 N–H and O–H groups in total. The predicted octanol–water partition coefficient (Wildman–Crippen LogP) is 0.111. The molecule has 0 radical (unpaired) electrons. The minimum atomic E-state index is -0.583. The Morgan fingerprint density at radius 3 is 2.67 bits per heavy atom. The van der Waals surface area contributed by atoms with E-state index in [9.17, 15) is 9.59 Å². The Kier molecular flexibility index (Phi) is 1.60. The molecule has 92 valence electrons. The smallest absolute Gasteiger partial charge is 0.256 e. The van der Waals surface area contributed by atoms with E-state index < -0.39 is 5.41 Å². The van der Waals surface area contributed by atoms with Crippen molar-refractivity contribution >= 4 is 11.8 Å². The molecular formula is C12H12N4O2. The highest BCUT2D eigenvalue weighted by Gasteiger charge is 2.67. The molecular weight excluding hydrogens is 232 g/mol. The van der Waals surface area contributed by atoms with Crippen LogP contribution in [-0.4, -0.2) is 26.7 Å². The standard InChI is InChI=1S/C12H12N4O2/c1-12-8-3-2-7(4-8)9(12)10(17)16(11(12)18)15-5-13-14-6-15/h2-3,5-9H,4H2,1H3/t7-,8-,9+,12-/m1/s1. The first-order valence-corrected chi connectivity index (χ1v) is 6.05. The molecule has 18 heavy (non-hydrogen) atoms. The summed E-state index contributed by atoms with van der Waals surface area (Å²) in [5, 5.41) is 8.51. The van der Waals surface area contributed by atoms with Crippen LogP contribution in [0, 0.1) is 23.2 Å². The minimum absolute atomic E-state index is 0.126. The van der Waals surface area contributed by atoms with Crippen molar-refractivity contribution in [2.24, 2.45) is 23.2 Å². The monoisotopic (exact) mass is 244 g/mol. The number of amides is 2. The third-order valence-corrected chi connectivity index (χ3v) is 4.73. The first kappa shape index (κ1) is 9.99. The Morgan fingerprint density at radius 2 is 2.00 bits per heavy atom. The van der Waals surface area contributed by atoms with E-state index in [0.717, 1.165) is 6.42 Å². The van der Waals surface area contributed by atoms with Gasteiger partial charge >= 0.3 is 0 Å². The molecule has 1 saturated heterocycles. The number of carbonyl (C=O) groups is 2. The van der Waals surface area contributed by atoms with E-state index >= 15 is 0 Å². The first-order valence-electron chi connectivity index (χ1n) is 6.05. The highest BCUT2D eigenvalue weighted by atomic mass is 16.2. The van der Waals surface area contributed by atoms with Gasteiger partial charge in [0.05, 0.1) is 11.3 Å². The number of hydrogen-bond acceptors (Lipinski definition) is 4. The van der Waals surface area contributed by atoms with Crippen molar-refractivity contribution in [1.82, 2.24) is 14.9 Å². The third kappa shape index (κ3) is 0.878. The average Bonchev–Trinajstić information content (AvgIpc) is 3.04. The van der Waals surface area contributed by atoms with Gasteiger partial charge in [-0.2, -0.15) is 5.01 Å². The summed E-state index contributed by atoms with van der Waals surface area (Å²) in [5.74, 6) is -0.0842. The van der Waals surface area contributed by atoms with Crippen molar-refractivity contribution in [3.63, 3.8) is 0 Å². The normalized spacial score (nSPS) is 40.9. The quantitative estimate of drug-likeness (QED) is 0.519. The van der Waals surface area contributed by atoms with E-state index in [4.69, 9.17) is 0 Å². The van der Waals surface area contributed by atoms with Gasteiger partial charge in [0.2, 0.25) is 0 Å². The van der Waals surface area contributed by atoms with Crippen LogP contribution in [0.15, 0.2) is 24.8 Å². The molecule has 4 rings (SSSR count). The van der Waals surface area contributed by atoms with Crippen LogP contribution in [0.25, 0.3) is 0 Å². The fourth-order valence-corrected chi connectivity index (χ4v) is 3.80. The molecule has 2 fully saturated rings. The summed E-state index contributed by atoms with van der Waals surface area (Å²) in [6, 6.07) is 0. The second-order valence-corrected chi connectivity index (χ2v) is 5.45. The van der Waals surface area contributed by atoms with Crippen molar-refractivity contribution in [3.05, 3.63) is 24.8 Å². The van der Waals surface area contributed by atoms with E-state index in [1.165, 1.54) is 22.3 Å². The minimum Gasteiger partial charge on any atom is -0.272 e. The molecule has 6 nitrogen and oxygen atoms in total. The van der Waals surface area contributed by atoms with Gasteiger partial charge in [-0.05, 0) is 25.2 Å². The molecule has 1 aromatic rings. The van der Waals surface area contributed by atoms with E-state index in [0.29, 0.717) is 0 Å². The van der Waals surface area contributed by atoms with Gasteiger partial charge in [-0.3, -0.25) is 9.59 Å². The molecule has 3 aliphatic rings. The molecule has 2 heterocycles. The summed E-state index contributed by atoms with van der Waals surface area (Å²) in [6.45, 7) is 1.91. The van der Waals surface area contributed by atoms with Crippen LogP contribution >= 0.6 is 0 Å². The van der Waals surface area contributed by atoms with Gasteiger partial charge < -0.3 is 0 Å². The highest BCUT2D eigenvalue weighted by molar-refractivity contribution is 6.19. The number of aromatic nitrogens is 3. The maximum atomic E-state index is 12.6. The largest absolute Gasteiger partial charge is 0.272 e. The Balaban J connectivity index is 1.85. The fourth-order valence-electron chi connectivity index (χ4n) is 3.80. The molecule has 0 aromatic carbocycles.